The van der Waals surface area contributed by atoms with E-state index in [9.17, 15) is 29.8 Å². The SMILES string of the molecule is C=CCOc1ccc([C@H]2C(C(=O)OCC)=C(C)N=c3s/c(=C\c4ccc(Oc5ccc([N+](=O)[O-])cc5[N+](=O)[O-])cc4)c(=O)n32)cc1. The van der Waals surface area contributed by atoms with Gasteiger partial charge in [0.15, 0.2) is 4.80 Å². The molecule has 3 aromatic carbocycles. The number of ether oxygens (including phenoxy) is 3. The standard InChI is InChI=1S/C32H26N4O9S/c1-4-16-44-23-13-8-21(9-14-23)29-28(31(38)43-5-2)19(3)33-32-34(29)30(37)27(46-32)17-20-6-11-24(12-7-20)45-26-15-10-22(35(39)40)18-25(26)36(41)42/h4,6-15,17-18,29H,1,5,16H2,2-3H3/b27-17-/t29-/m0/s1. The molecule has 0 spiro atoms. The first kappa shape index (κ1) is 31.5. The van der Waals surface area contributed by atoms with Crippen molar-refractivity contribution >= 4 is 34.8 Å². The smallest absolute Gasteiger partial charge is 0.338 e. The molecule has 0 unspecified atom stereocenters. The Morgan fingerprint density at radius 1 is 1.04 bits per heavy atom. The highest BCUT2D eigenvalue weighted by molar-refractivity contribution is 7.07. The van der Waals surface area contributed by atoms with Crippen LogP contribution >= 0.6 is 11.3 Å². The lowest BCUT2D eigenvalue weighted by atomic mass is 9.96. The first-order chi connectivity index (χ1) is 22.1. The molecule has 14 heteroatoms. The number of hydrogen-bond donors (Lipinski definition) is 0. The Kier molecular flexibility index (Phi) is 9.18. The molecule has 1 aliphatic rings. The van der Waals surface area contributed by atoms with Crippen LogP contribution < -0.4 is 24.4 Å². The average Bonchev–Trinajstić information content (AvgIpc) is 3.34. The molecule has 0 saturated carbocycles. The highest BCUT2D eigenvalue weighted by atomic mass is 32.1. The highest BCUT2D eigenvalue weighted by Gasteiger charge is 2.33. The summed E-state index contributed by atoms with van der Waals surface area (Å²) < 4.78 is 18.4. The predicted molar refractivity (Wildman–Crippen MR) is 169 cm³/mol. The van der Waals surface area contributed by atoms with Crippen molar-refractivity contribution in [2.24, 2.45) is 4.99 Å². The van der Waals surface area contributed by atoms with E-state index in [1.54, 1.807) is 74.5 Å². The van der Waals surface area contributed by atoms with E-state index in [1.165, 1.54) is 4.57 Å². The summed E-state index contributed by atoms with van der Waals surface area (Å²) in [4.78, 5) is 53.0. The number of carbonyl (C=O) groups is 1. The van der Waals surface area contributed by atoms with Crippen LogP contribution in [0.15, 0.2) is 100 Å². The van der Waals surface area contributed by atoms with Gasteiger partial charge in [0, 0.05) is 6.07 Å². The van der Waals surface area contributed by atoms with Gasteiger partial charge in [-0.25, -0.2) is 9.79 Å². The number of non-ortho nitro benzene ring substituents is 1. The normalized spacial score (nSPS) is 14.2. The molecule has 1 atom stereocenters. The maximum Gasteiger partial charge on any atom is 0.338 e. The molecule has 5 rings (SSSR count). The van der Waals surface area contributed by atoms with E-state index in [4.69, 9.17) is 14.2 Å². The van der Waals surface area contributed by atoms with Crippen LogP contribution in [0.3, 0.4) is 0 Å². The summed E-state index contributed by atoms with van der Waals surface area (Å²) in [6, 6.07) is 15.8. The number of aromatic nitrogens is 1. The molecule has 1 aliphatic heterocycles. The molecule has 13 nitrogen and oxygen atoms in total. The number of thiazole rings is 1. The minimum Gasteiger partial charge on any atom is -0.490 e. The Balaban J connectivity index is 1.50. The second kappa shape index (κ2) is 13.4. The topological polar surface area (TPSA) is 165 Å². The number of hydrogen-bond acceptors (Lipinski definition) is 11. The molecular weight excluding hydrogens is 616 g/mol. The lowest BCUT2D eigenvalue weighted by Crippen LogP contribution is -2.39. The van der Waals surface area contributed by atoms with Gasteiger partial charge in [-0.2, -0.15) is 0 Å². The van der Waals surface area contributed by atoms with E-state index in [2.05, 4.69) is 11.6 Å². The van der Waals surface area contributed by atoms with E-state index in [-0.39, 0.29) is 29.2 Å². The van der Waals surface area contributed by atoms with Crippen molar-refractivity contribution in [1.82, 2.24) is 4.57 Å². The van der Waals surface area contributed by atoms with Gasteiger partial charge in [-0.3, -0.25) is 29.6 Å². The summed E-state index contributed by atoms with van der Waals surface area (Å²) in [5, 5.41) is 22.5. The Morgan fingerprint density at radius 3 is 2.37 bits per heavy atom. The summed E-state index contributed by atoms with van der Waals surface area (Å²) in [6.45, 7) is 7.52. The van der Waals surface area contributed by atoms with Crippen LogP contribution in [0.25, 0.3) is 6.08 Å². The fourth-order valence-corrected chi connectivity index (χ4v) is 5.81. The van der Waals surface area contributed by atoms with Crippen molar-refractivity contribution in [1.29, 1.82) is 0 Å². The quantitative estimate of drug-likeness (QED) is 0.0950. The van der Waals surface area contributed by atoms with Crippen LogP contribution in [0, 0.1) is 20.2 Å². The van der Waals surface area contributed by atoms with Gasteiger partial charge in [-0.15, -0.1) is 0 Å². The van der Waals surface area contributed by atoms with Gasteiger partial charge in [0.2, 0.25) is 5.75 Å². The molecule has 0 N–H and O–H groups in total. The Morgan fingerprint density at radius 2 is 1.74 bits per heavy atom. The molecule has 0 fully saturated rings. The summed E-state index contributed by atoms with van der Waals surface area (Å²) in [5.74, 6) is 0.111. The number of carbonyl (C=O) groups excluding carboxylic acids is 1. The van der Waals surface area contributed by atoms with Crippen LogP contribution in [0.2, 0.25) is 0 Å². The summed E-state index contributed by atoms with van der Waals surface area (Å²) in [7, 11) is 0. The first-order valence-corrected chi connectivity index (χ1v) is 14.7. The number of allylic oxidation sites excluding steroid dienone is 1. The predicted octanol–water partition coefficient (Wildman–Crippen LogP) is 4.97. The Hall–Kier alpha value is -5.89. The molecule has 0 saturated heterocycles. The fraction of sp³-hybridized carbons (Fsp3) is 0.156. The molecule has 46 heavy (non-hydrogen) atoms. The zero-order valence-electron chi connectivity index (χ0n) is 24.6. The molecule has 0 aliphatic carbocycles. The number of nitro benzene ring substituents is 2. The molecule has 2 heterocycles. The zero-order chi connectivity index (χ0) is 33.0. The van der Waals surface area contributed by atoms with Crippen molar-refractivity contribution in [3.05, 3.63) is 142 Å². The van der Waals surface area contributed by atoms with Gasteiger partial charge >= 0.3 is 11.7 Å². The average molecular weight is 643 g/mol. The first-order valence-electron chi connectivity index (χ1n) is 13.8. The van der Waals surface area contributed by atoms with Crippen molar-refractivity contribution in [3.8, 4) is 17.2 Å². The molecule has 0 amide bonds. The molecule has 1 aromatic heterocycles. The van der Waals surface area contributed by atoms with Crippen molar-refractivity contribution < 1.29 is 28.9 Å². The van der Waals surface area contributed by atoms with Gasteiger partial charge in [0.1, 0.15) is 18.1 Å². The van der Waals surface area contributed by atoms with Crippen LogP contribution in [-0.4, -0.2) is 33.6 Å². The minimum absolute atomic E-state index is 0.151. The summed E-state index contributed by atoms with van der Waals surface area (Å²) >= 11 is 1.16. The number of esters is 1. The molecule has 4 aromatic rings. The zero-order valence-corrected chi connectivity index (χ0v) is 25.4. The number of fused-ring (bicyclic) bond motifs is 1. The van der Waals surface area contributed by atoms with Crippen molar-refractivity contribution in [2.75, 3.05) is 13.2 Å². The third-order valence-corrected chi connectivity index (χ3v) is 7.82. The van der Waals surface area contributed by atoms with Crippen LogP contribution in [0.1, 0.15) is 31.0 Å². The van der Waals surface area contributed by atoms with E-state index < -0.39 is 33.2 Å². The maximum absolute atomic E-state index is 13.9. The second-order valence-corrected chi connectivity index (χ2v) is 10.8. The van der Waals surface area contributed by atoms with E-state index in [0.29, 0.717) is 38.5 Å². The lowest BCUT2D eigenvalue weighted by Gasteiger charge is -2.24. The number of benzene rings is 3. The van der Waals surface area contributed by atoms with E-state index >= 15 is 0 Å². The van der Waals surface area contributed by atoms with Gasteiger partial charge < -0.3 is 14.2 Å². The number of nitro groups is 2. The van der Waals surface area contributed by atoms with E-state index in [0.717, 1.165) is 29.5 Å². The third-order valence-electron chi connectivity index (χ3n) is 6.84. The van der Waals surface area contributed by atoms with E-state index in [1.807, 2.05) is 0 Å². The van der Waals surface area contributed by atoms with Crippen LogP contribution in [0.5, 0.6) is 17.2 Å². The second-order valence-electron chi connectivity index (χ2n) is 9.81. The number of nitrogens with zero attached hydrogens (tertiary/aromatic N) is 4. The monoisotopic (exact) mass is 642 g/mol. The number of rotatable bonds is 11. The Labute approximate surface area is 264 Å². The fourth-order valence-electron chi connectivity index (χ4n) is 4.77. The molecule has 0 bridgehead atoms. The van der Waals surface area contributed by atoms with Gasteiger partial charge in [0.25, 0.3) is 11.2 Å². The van der Waals surface area contributed by atoms with Crippen molar-refractivity contribution in [2.45, 2.75) is 19.9 Å². The Bertz CT molecular complexity index is 2060. The van der Waals surface area contributed by atoms with Crippen LogP contribution in [0.4, 0.5) is 11.4 Å². The molecule has 234 valence electrons. The molecular formula is C32H26N4O9S. The van der Waals surface area contributed by atoms with Crippen LogP contribution in [-0.2, 0) is 9.53 Å². The van der Waals surface area contributed by atoms with Gasteiger partial charge in [-0.1, -0.05) is 48.3 Å². The summed E-state index contributed by atoms with van der Waals surface area (Å²) in [6.07, 6.45) is 3.29. The minimum atomic E-state index is -0.792. The third kappa shape index (κ3) is 6.46. The maximum atomic E-state index is 13.9. The van der Waals surface area contributed by atoms with Crippen molar-refractivity contribution in [3.63, 3.8) is 0 Å². The van der Waals surface area contributed by atoms with Gasteiger partial charge in [-0.05, 0) is 61.4 Å². The summed E-state index contributed by atoms with van der Waals surface area (Å²) in [5.41, 5.74) is 0.627. The highest BCUT2D eigenvalue weighted by Crippen LogP contribution is 2.35. The van der Waals surface area contributed by atoms with Gasteiger partial charge in [0.05, 0.1) is 44.4 Å². The lowest BCUT2D eigenvalue weighted by molar-refractivity contribution is -0.394. The largest absolute Gasteiger partial charge is 0.490 e. The molecule has 0 radical (unpaired) electrons.